The van der Waals surface area contributed by atoms with Crippen molar-refractivity contribution in [3.8, 4) is 11.5 Å². The van der Waals surface area contributed by atoms with Crippen LogP contribution in [0.15, 0.2) is 38.3 Å². The van der Waals surface area contributed by atoms with Crippen LogP contribution in [0.1, 0.15) is 24.4 Å². The zero-order valence-corrected chi connectivity index (χ0v) is 17.9. The van der Waals surface area contributed by atoms with Gasteiger partial charge in [-0.25, -0.2) is 13.1 Å². The van der Waals surface area contributed by atoms with Crippen molar-refractivity contribution in [2.45, 2.75) is 23.1 Å². The van der Waals surface area contributed by atoms with Crippen LogP contribution in [-0.2, 0) is 10.0 Å². The van der Waals surface area contributed by atoms with E-state index in [0.29, 0.717) is 30.5 Å². The average Bonchev–Trinajstić information content (AvgIpc) is 3.30. The molecule has 0 radical (unpaired) electrons. The van der Waals surface area contributed by atoms with Gasteiger partial charge >= 0.3 is 0 Å². The molecule has 2 aliphatic heterocycles. The molecule has 1 aromatic carbocycles. The van der Waals surface area contributed by atoms with E-state index in [0.717, 1.165) is 34.7 Å². The molecule has 9 heteroatoms. The van der Waals surface area contributed by atoms with E-state index in [1.165, 1.54) is 16.9 Å². The molecule has 4 rings (SSSR count). The van der Waals surface area contributed by atoms with Crippen LogP contribution in [0.2, 0.25) is 0 Å². The number of ether oxygens (including phenoxy) is 2. The maximum Gasteiger partial charge on any atom is 0.250 e. The summed E-state index contributed by atoms with van der Waals surface area (Å²) in [7, 11) is -3.45. The topological polar surface area (TPSA) is 67.9 Å². The Labute approximate surface area is 171 Å². The number of halogens is 1. The normalized spacial score (nSPS) is 20.1. The molecule has 2 aliphatic rings. The lowest BCUT2D eigenvalue weighted by atomic mass is 10.0. The number of nitrogens with zero attached hydrogens (tertiary/aromatic N) is 1. The van der Waals surface area contributed by atoms with Crippen molar-refractivity contribution in [1.29, 1.82) is 0 Å². The van der Waals surface area contributed by atoms with Crippen LogP contribution in [-0.4, -0.2) is 46.2 Å². The Morgan fingerprint density at radius 1 is 1.19 bits per heavy atom. The highest BCUT2D eigenvalue weighted by Gasteiger charge is 2.27. The zero-order valence-electron chi connectivity index (χ0n) is 14.7. The highest BCUT2D eigenvalue weighted by molar-refractivity contribution is 9.11. The fraction of sp³-hybridized carbons (Fsp3) is 0.444. The van der Waals surface area contributed by atoms with Crippen molar-refractivity contribution in [3.05, 3.63) is 39.7 Å². The third kappa shape index (κ3) is 4.32. The van der Waals surface area contributed by atoms with Crippen molar-refractivity contribution in [3.63, 3.8) is 0 Å². The summed E-state index contributed by atoms with van der Waals surface area (Å²) in [5.74, 6) is 1.60. The van der Waals surface area contributed by atoms with Gasteiger partial charge in [-0.3, -0.25) is 4.90 Å². The number of nitrogens with one attached hydrogen (secondary N) is 1. The molecule has 1 unspecified atom stereocenters. The van der Waals surface area contributed by atoms with Gasteiger partial charge in [0.15, 0.2) is 11.5 Å². The number of benzene rings is 1. The van der Waals surface area contributed by atoms with Crippen molar-refractivity contribution < 1.29 is 17.9 Å². The number of hydrogen-bond acceptors (Lipinski definition) is 6. The quantitative estimate of drug-likeness (QED) is 0.697. The Morgan fingerprint density at radius 2 is 2.00 bits per heavy atom. The first-order chi connectivity index (χ1) is 13.0. The Kier molecular flexibility index (Phi) is 5.75. The van der Waals surface area contributed by atoms with Crippen LogP contribution >= 0.6 is 27.3 Å². The minimum atomic E-state index is -3.45. The lowest BCUT2D eigenvalue weighted by Crippen LogP contribution is -2.34. The number of likely N-dealkylation sites (tertiary alicyclic amines) is 1. The van der Waals surface area contributed by atoms with Crippen molar-refractivity contribution in [2.24, 2.45) is 0 Å². The van der Waals surface area contributed by atoms with Crippen LogP contribution in [0.25, 0.3) is 0 Å². The summed E-state index contributed by atoms with van der Waals surface area (Å²) < 4.78 is 39.9. The molecule has 0 saturated carbocycles. The van der Waals surface area contributed by atoms with E-state index in [1.807, 2.05) is 6.07 Å². The molecule has 0 aliphatic carbocycles. The molecule has 27 heavy (non-hydrogen) atoms. The number of sulfonamides is 1. The molecule has 6 nitrogen and oxygen atoms in total. The third-order valence-electron chi connectivity index (χ3n) is 4.82. The monoisotopic (exact) mass is 472 g/mol. The predicted molar refractivity (Wildman–Crippen MR) is 108 cm³/mol. The number of fused-ring (bicyclic) bond motifs is 1. The van der Waals surface area contributed by atoms with Gasteiger partial charge in [0, 0.05) is 19.1 Å². The summed E-state index contributed by atoms with van der Waals surface area (Å²) in [6, 6.07) is 9.76. The smallest absolute Gasteiger partial charge is 0.250 e. The van der Waals surface area contributed by atoms with Crippen LogP contribution < -0.4 is 14.2 Å². The number of thiophene rings is 1. The molecule has 2 aromatic rings. The molecule has 0 spiro atoms. The largest absolute Gasteiger partial charge is 0.486 e. The molecule has 1 fully saturated rings. The number of hydrogen-bond donors (Lipinski definition) is 1. The zero-order chi connectivity index (χ0) is 18.9. The molecule has 1 atom stereocenters. The fourth-order valence-corrected chi connectivity index (χ4v) is 6.65. The molecule has 0 bridgehead atoms. The SMILES string of the molecule is O=S(=O)(NCCN1CCCC1c1ccc2c(c1)OCCO2)c1ccc(Br)s1. The molecule has 1 N–H and O–H groups in total. The van der Waals surface area contributed by atoms with Gasteiger partial charge in [0.1, 0.15) is 17.4 Å². The molecule has 146 valence electrons. The van der Waals surface area contributed by atoms with Gasteiger partial charge in [-0.1, -0.05) is 6.07 Å². The Bertz CT molecular complexity index is 916. The highest BCUT2D eigenvalue weighted by Crippen LogP contribution is 2.37. The second kappa shape index (κ2) is 8.08. The van der Waals surface area contributed by atoms with Crippen molar-refractivity contribution in [2.75, 3.05) is 32.8 Å². The second-order valence-electron chi connectivity index (χ2n) is 6.55. The molecular weight excluding hydrogens is 452 g/mol. The summed E-state index contributed by atoms with van der Waals surface area (Å²) in [5.41, 5.74) is 1.20. The summed E-state index contributed by atoms with van der Waals surface area (Å²) in [6.45, 7) is 3.18. The molecule has 3 heterocycles. The van der Waals surface area contributed by atoms with Crippen molar-refractivity contribution in [1.82, 2.24) is 9.62 Å². The van der Waals surface area contributed by atoms with Crippen LogP contribution in [0.3, 0.4) is 0 Å². The minimum Gasteiger partial charge on any atom is -0.486 e. The van der Waals surface area contributed by atoms with E-state index in [9.17, 15) is 8.42 Å². The Morgan fingerprint density at radius 3 is 2.78 bits per heavy atom. The second-order valence-corrected chi connectivity index (χ2v) is 11.0. The van der Waals surface area contributed by atoms with Crippen LogP contribution in [0, 0.1) is 0 Å². The van der Waals surface area contributed by atoms with E-state index in [-0.39, 0.29) is 6.04 Å². The first-order valence-electron chi connectivity index (χ1n) is 8.91. The predicted octanol–water partition coefficient (Wildman–Crippen LogP) is 3.40. The molecular formula is C18H21BrN2O4S2. The minimum absolute atomic E-state index is 0.279. The van der Waals surface area contributed by atoms with Gasteiger partial charge in [0.25, 0.3) is 0 Å². The third-order valence-corrected chi connectivity index (χ3v) is 8.40. The average molecular weight is 473 g/mol. The van der Waals surface area contributed by atoms with Crippen LogP contribution in [0.4, 0.5) is 0 Å². The Hall–Kier alpha value is -1.13. The first kappa shape index (κ1) is 19.2. The van der Waals surface area contributed by atoms with Gasteiger partial charge in [0.05, 0.1) is 3.79 Å². The van der Waals surface area contributed by atoms with E-state index < -0.39 is 10.0 Å². The number of rotatable bonds is 6. The summed E-state index contributed by atoms with van der Waals surface area (Å²) in [6.07, 6.45) is 2.16. The maximum absolute atomic E-state index is 12.4. The first-order valence-corrected chi connectivity index (χ1v) is 12.0. The molecule has 1 saturated heterocycles. The van der Waals surface area contributed by atoms with Gasteiger partial charge in [-0.05, 0) is 65.1 Å². The van der Waals surface area contributed by atoms with Gasteiger partial charge in [-0.2, -0.15) is 0 Å². The lowest BCUT2D eigenvalue weighted by Gasteiger charge is -2.26. The van der Waals surface area contributed by atoms with Crippen molar-refractivity contribution >= 4 is 37.3 Å². The van der Waals surface area contributed by atoms with E-state index in [2.05, 4.69) is 37.7 Å². The van der Waals surface area contributed by atoms with Gasteiger partial charge < -0.3 is 9.47 Å². The van der Waals surface area contributed by atoms with E-state index in [4.69, 9.17) is 9.47 Å². The fourth-order valence-electron chi connectivity index (χ4n) is 3.58. The lowest BCUT2D eigenvalue weighted by molar-refractivity contribution is 0.170. The van der Waals surface area contributed by atoms with Gasteiger partial charge in [0.2, 0.25) is 10.0 Å². The molecule has 1 aromatic heterocycles. The standard InChI is InChI=1S/C18H21BrN2O4S2/c19-17-5-6-18(26-17)27(22,23)20-7-9-21-8-1-2-14(21)13-3-4-15-16(12-13)25-11-10-24-15/h3-6,12,14,20H,1-2,7-11H2. The molecule has 0 amide bonds. The highest BCUT2D eigenvalue weighted by atomic mass is 79.9. The van der Waals surface area contributed by atoms with E-state index in [1.54, 1.807) is 12.1 Å². The maximum atomic E-state index is 12.4. The summed E-state index contributed by atoms with van der Waals surface area (Å²) in [4.78, 5) is 2.33. The van der Waals surface area contributed by atoms with Crippen LogP contribution in [0.5, 0.6) is 11.5 Å². The Balaban J connectivity index is 1.39. The summed E-state index contributed by atoms with van der Waals surface area (Å²) >= 11 is 4.52. The van der Waals surface area contributed by atoms with Gasteiger partial charge in [-0.15, -0.1) is 11.3 Å². The summed E-state index contributed by atoms with van der Waals surface area (Å²) in [5, 5.41) is 0. The van der Waals surface area contributed by atoms with E-state index >= 15 is 0 Å².